The van der Waals surface area contributed by atoms with Crippen LogP contribution in [0.5, 0.6) is 0 Å². The first-order chi connectivity index (χ1) is 14.4. The van der Waals surface area contributed by atoms with Gasteiger partial charge in [0, 0.05) is 0 Å². The monoisotopic (exact) mass is 438 g/mol. The summed E-state index contributed by atoms with van der Waals surface area (Å²) in [5.74, 6) is 0. The molecule has 0 bridgehead atoms. The number of hydrogen-bond donors (Lipinski definition) is 1. The molecule has 0 saturated carbocycles. The minimum atomic E-state index is -4.05. The van der Waals surface area contributed by atoms with Crippen LogP contribution in [0.4, 0.5) is 0 Å². The van der Waals surface area contributed by atoms with E-state index in [1.807, 2.05) is 31.2 Å². The second-order valence-electron chi connectivity index (χ2n) is 9.01. The molecule has 0 aliphatic carbocycles. The number of unbranched alkanes of at least 4 members (excludes halogenated alkanes) is 15. The fourth-order valence-electron chi connectivity index (χ4n) is 4.15. The molecule has 0 fully saturated rings. The first kappa shape index (κ1) is 27.2. The normalized spacial score (nSPS) is 12.9. The average molecular weight is 439 g/mol. The van der Waals surface area contributed by atoms with E-state index in [1.54, 1.807) is 0 Å². The van der Waals surface area contributed by atoms with Crippen molar-refractivity contribution in [2.75, 3.05) is 0 Å². The number of hydrogen-bond acceptors (Lipinski definition) is 2. The number of benzene rings is 1. The Hall–Kier alpha value is -0.870. The van der Waals surface area contributed by atoms with Gasteiger partial charge in [0.25, 0.3) is 10.1 Å². The van der Waals surface area contributed by atoms with Gasteiger partial charge in [0.1, 0.15) is 5.25 Å². The highest BCUT2D eigenvalue weighted by Gasteiger charge is 2.24. The average Bonchev–Trinajstić information content (AvgIpc) is 2.70. The molecule has 1 rings (SSSR count). The highest BCUT2D eigenvalue weighted by atomic mass is 32.2. The summed E-state index contributed by atoms with van der Waals surface area (Å²) in [5.41, 5.74) is 1.79. The minimum absolute atomic E-state index is 0.500. The molecule has 30 heavy (non-hydrogen) atoms. The van der Waals surface area contributed by atoms with Crippen molar-refractivity contribution in [2.45, 2.75) is 128 Å². The van der Waals surface area contributed by atoms with Gasteiger partial charge >= 0.3 is 0 Å². The molecular formula is C26H46O3S. The SMILES string of the molecule is CCCCCCCCCCCCCCCCCC[C@H](c1ccc(C)cc1)S(=O)(=O)O. The molecule has 0 spiro atoms. The van der Waals surface area contributed by atoms with Crippen LogP contribution in [-0.2, 0) is 10.1 Å². The second kappa shape index (κ2) is 16.8. The van der Waals surface area contributed by atoms with Crippen molar-refractivity contribution < 1.29 is 13.0 Å². The highest BCUT2D eigenvalue weighted by molar-refractivity contribution is 7.86. The maximum absolute atomic E-state index is 11.8. The van der Waals surface area contributed by atoms with Gasteiger partial charge in [0.05, 0.1) is 0 Å². The van der Waals surface area contributed by atoms with E-state index >= 15 is 0 Å². The van der Waals surface area contributed by atoms with E-state index in [0.717, 1.165) is 24.8 Å². The van der Waals surface area contributed by atoms with Crippen molar-refractivity contribution in [3.63, 3.8) is 0 Å². The molecule has 0 amide bonds. The third-order valence-electron chi connectivity index (χ3n) is 6.13. The third kappa shape index (κ3) is 13.4. The smallest absolute Gasteiger partial charge is 0.271 e. The highest BCUT2D eigenvalue weighted by Crippen LogP contribution is 2.28. The van der Waals surface area contributed by atoms with Gasteiger partial charge in [-0.1, -0.05) is 139 Å². The third-order valence-corrected chi connectivity index (χ3v) is 7.36. The van der Waals surface area contributed by atoms with Crippen LogP contribution in [0.1, 0.15) is 132 Å². The van der Waals surface area contributed by atoms with Crippen molar-refractivity contribution in [3.8, 4) is 0 Å². The molecule has 174 valence electrons. The van der Waals surface area contributed by atoms with Gasteiger partial charge in [0.15, 0.2) is 0 Å². The quantitative estimate of drug-likeness (QED) is 0.174. The van der Waals surface area contributed by atoms with Crippen LogP contribution < -0.4 is 0 Å². The molecule has 0 aliphatic rings. The van der Waals surface area contributed by atoms with Gasteiger partial charge in [-0.15, -0.1) is 0 Å². The summed E-state index contributed by atoms with van der Waals surface area (Å²) in [5, 5.41) is -0.787. The fraction of sp³-hybridized carbons (Fsp3) is 0.769. The molecule has 0 aliphatic heterocycles. The topological polar surface area (TPSA) is 54.4 Å². The molecule has 0 aromatic heterocycles. The molecule has 3 nitrogen and oxygen atoms in total. The molecule has 0 heterocycles. The summed E-state index contributed by atoms with van der Waals surface area (Å²) in [6, 6.07) is 7.45. The molecule has 4 heteroatoms. The molecule has 1 aromatic rings. The van der Waals surface area contributed by atoms with Crippen molar-refractivity contribution in [1.82, 2.24) is 0 Å². The zero-order valence-electron chi connectivity index (χ0n) is 19.6. The molecule has 1 aromatic carbocycles. The standard InChI is InChI=1S/C26H46O3S/c1-3-4-5-6-7-8-9-10-11-12-13-14-15-16-17-18-19-26(30(27,28)29)25-22-20-24(2)21-23-25/h20-23,26H,3-19H2,1-2H3,(H,27,28,29)/t26-/m1/s1. The second-order valence-corrected chi connectivity index (χ2v) is 10.6. The molecule has 1 N–H and O–H groups in total. The fourth-order valence-corrected chi connectivity index (χ4v) is 5.11. The van der Waals surface area contributed by atoms with E-state index in [0.29, 0.717) is 12.0 Å². The first-order valence-corrected chi connectivity index (χ1v) is 14.0. The van der Waals surface area contributed by atoms with Gasteiger partial charge in [-0.3, -0.25) is 4.55 Å². The van der Waals surface area contributed by atoms with Crippen LogP contribution in [0.3, 0.4) is 0 Å². The summed E-state index contributed by atoms with van der Waals surface area (Å²) in [6.07, 6.45) is 21.3. The minimum Gasteiger partial charge on any atom is -0.285 e. The number of rotatable bonds is 19. The van der Waals surface area contributed by atoms with Gasteiger partial charge in [-0.2, -0.15) is 8.42 Å². The van der Waals surface area contributed by atoms with E-state index in [-0.39, 0.29) is 0 Å². The lowest BCUT2D eigenvalue weighted by Gasteiger charge is -2.14. The van der Waals surface area contributed by atoms with Gasteiger partial charge in [0.2, 0.25) is 0 Å². The van der Waals surface area contributed by atoms with E-state index in [1.165, 1.54) is 83.5 Å². The van der Waals surface area contributed by atoms with E-state index in [4.69, 9.17) is 0 Å². The Balaban J connectivity index is 2.00. The maximum atomic E-state index is 11.8. The van der Waals surface area contributed by atoms with Crippen molar-refractivity contribution in [3.05, 3.63) is 35.4 Å². The zero-order valence-corrected chi connectivity index (χ0v) is 20.4. The Morgan fingerprint density at radius 1 is 0.667 bits per heavy atom. The van der Waals surface area contributed by atoms with E-state index in [9.17, 15) is 13.0 Å². The van der Waals surface area contributed by atoms with Crippen molar-refractivity contribution >= 4 is 10.1 Å². The Morgan fingerprint density at radius 3 is 1.40 bits per heavy atom. The molecule has 0 saturated heterocycles. The number of aryl methyl sites for hydroxylation is 1. The lowest BCUT2D eigenvalue weighted by atomic mass is 10.0. The molecule has 0 radical (unpaired) electrons. The Bertz CT molecular complexity index is 622. The van der Waals surface area contributed by atoms with Crippen LogP contribution in [-0.4, -0.2) is 13.0 Å². The zero-order chi connectivity index (χ0) is 22.1. The summed E-state index contributed by atoms with van der Waals surface area (Å²) in [6.45, 7) is 4.24. The Morgan fingerprint density at radius 2 is 1.03 bits per heavy atom. The predicted octanol–water partition coefficient (Wildman–Crippen LogP) is 8.58. The lowest BCUT2D eigenvalue weighted by Crippen LogP contribution is -2.12. The van der Waals surface area contributed by atoms with Crippen LogP contribution in [0, 0.1) is 6.92 Å². The summed E-state index contributed by atoms with van der Waals surface area (Å²) in [7, 11) is -4.05. The van der Waals surface area contributed by atoms with E-state index < -0.39 is 15.4 Å². The molecular weight excluding hydrogens is 392 g/mol. The molecule has 1 atom stereocenters. The van der Waals surface area contributed by atoms with Crippen LogP contribution in [0.25, 0.3) is 0 Å². The van der Waals surface area contributed by atoms with Gasteiger partial charge < -0.3 is 0 Å². The predicted molar refractivity (Wildman–Crippen MR) is 130 cm³/mol. The molecule has 0 unspecified atom stereocenters. The van der Waals surface area contributed by atoms with Crippen molar-refractivity contribution in [1.29, 1.82) is 0 Å². The van der Waals surface area contributed by atoms with Gasteiger partial charge in [-0.05, 0) is 18.9 Å². The van der Waals surface area contributed by atoms with Crippen LogP contribution in [0.15, 0.2) is 24.3 Å². The first-order valence-electron chi connectivity index (χ1n) is 12.5. The Kier molecular flexibility index (Phi) is 15.2. The van der Waals surface area contributed by atoms with Gasteiger partial charge in [-0.25, -0.2) is 0 Å². The van der Waals surface area contributed by atoms with Crippen molar-refractivity contribution in [2.24, 2.45) is 0 Å². The van der Waals surface area contributed by atoms with Crippen LogP contribution in [0.2, 0.25) is 0 Å². The summed E-state index contributed by atoms with van der Waals surface area (Å²) < 4.78 is 33.1. The lowest BCUT2D eigenvalue weighted by molar-refractivity contribution is 0.458. The maximum Gasteiger partial charge on any atom is 0.271 e. The summed E-state index contributed by atoms with van der Waals surface area (Å²) >= 11 is 0. The Labute approximate surface area is 186 Å². The summed E-state index contributed by atoms with van der Waals surface area (Å²) in [4.78, 5) is 0. The van der Waals surface area contributed by atoms with E-state index in [2.05, 4.69) is 6.92 Å². The largest absolute Gasteiger partial charge is 0.285 e. The van der Waals surface area contributed by atoms with Crippen LogP contribution >= 0.6 is 0 Å².